The van der Waals surface area contributed by atoms with E-state index in [1.165, 1.54) is 6.42 Å². The molecule has 1 saturated carbocycles. The van der Waals surface area contributed by atoms with Crippen LogP contribution in [0.15, 0.2) is 30.4 Å². The lowest BCUT2D eigenvalue weighted by molar-refractivity contribution is -0.146. The van der Waals surface area contributed by atoms with Gasteiger partial charge in [-0.2, -0.15) is 0 Å². The highest BCUT2D eigenvalue weighted by molar-refractivity contribution is 6.34. The first-order valence-corrected chi connectivity index (χ1v) is 10.1. The lowest BCUT2D eigenvalue weighted by atomic mass is 9.82. The van der Waals surface area contributed by atoms with Crippen LogP contribution in [0, 0.1) is 17.8 Å². The molecule has 2 atom stereocenters. The highest BCUT2D eigenvalue weighted by atomic mass is 35.5. The van der Waals surface area contributed by atoms with Gasteiger partial charge in [0.25, 0.3) is 0 Å². The average Bonchev–Trinajstić information content (AvgIpc) is 2.70. The van der Waals surface area contributed by atoms with Crippen molar-refractivity contribution < 1.29 is 19.5 Å². The van der Waals surface area contributed by atoms with Crippen molar-refractivity contribution in [2.24, 2.45) is 17.8 Å². The molecule has 7 heteroatoms. The zero-order valence-corrected chi connectivity index (χ0v) is 16.4. The largest absolute Gasteiger partial charge is 0.481 e. The summed E-state index contributed by atoms with van der Waals surface area (Å²) in [5.74, 6) is -2.65. The van der Waals surface area contributed by atoms with Crippen molar-refractivity contribution in [1.82, 2.24) is 0 Å². The summed E-state index contributed by atoms with van der Waals surface area (Å²) in [5, 5.41) is 15.3. The Kier molecular flexibility index (Phi) is 6.73. The van der Waals surface area contributed by atoms with E-state index >= 15 is 0 Å². The topological polar surface area (TPSA) is 95.5 Å². The van der Waals surface area contributed by atoms with Crippen LogP contribution < -0.4 is 10.6 Å². The van der Waals surface area contributed by atoms with Crippen LogP contribution in [0.2, 0.25) is 5.02 Å². The molecule has 0 radical (unpaired) electrons. The standard InChI is InChI=1S/C21H25ClN2O4/c22-17-12-14(23-20(26)15-8-4-5-9-16(15)21(27)28)10-11-18(17)24-19(25)13-6-2-1-3-7-13/h4-5,10-13,15-16H,1-3,6-9H2,(H,23,26)(H,24,25)(H,27,28)/t15-,16-/m0/s1. The molecular weight excluding hydrogens is 380 g/mol. The summed E-state index contributed by atoms with van der Waals surface area (Å²) in [6.45, 7) is 0. The Morgan fingerprint density at radius 3 is 2.25 bits per heavy atom. The molecule has 0 aromatic heterocycles. The normalized spacial score (nSPS) is 22.5. The van der Waals surface area contributed by atoms with Crippen LogP contribution in [-0.2, 0) is 14.4 Å². The smallest absolute Gasteiger partial charge is 0.307 e. The molecule has 1 fully saturated rings. The first-order valence-electron chi connectivity index (χ1n) is 9.75. The van der Waals surface area contributed by atoms with Gasteiger partial charge in [0.2, 0.25) is 11.8 Å². The van der Waals surface area contributed by atoms with Crippen LogP contribution in [0.4, 0.5) is 11.4 Å². The number of allylic oxidation sites excluding steroid dienone is 2. The lowest BCUT2D eigenvalue weighted by Crippen LogP contribution is -2.34. The minimum Gasteiger partial charge on any atom is -0.481 e. The van der Waals surface area contributed by atoms with Crippen molar-refractivity contribution in [3.05, 3.63) is 35.4 Å². The molecule has 0 heterocycles. The molecule has 28 heavy (non-hydrogen) atoms. The van der Waals surface area contributed by atoms with Crippen molar-refractivity contribution in [2.75, 3.05) is 10.6 Å². The Morgan fingerprint density at radius 1 is 0.929 bits per heavy atom. The number of hydrogen-bond donors (Lipinski definition) is 3. The van der Waals surface area contributed by atoms with Gasteiger partial charge in [-0.05, 0) is 43.9 Å². The first kappa shape index (κ1) is 20.4. The van der Waals surface area contributed by atoms with Gasteiger partial charge in [-0.15, -0.1) is 0 Å². The van der Waals surface area contributed by atoms with E-state index < -0.39 is 17.8 Å². The van der Waals surface area contributed by atoms with Gasteiger partial charge in [-0.3, -0.25) is 14.4 Å². The van der Waals surface area contributed by atoms with Gasteiger partial charge in [-0.1, -0.05) is 43.0 Å². The molecule has 2 aliphatic carbocycles. The van der Waals surface area contributed by atoms with Crippen molar-refractivity contribution in [3.8, 4) is 0 Å². The number of carbonyl (C=O) groups excluding carboxylic acids is 2. The number of aliphatic carboxylic acids is 1. The number of halogens is 1. The maximum atomic E-state index is 12.5. The predicted octanol–water partition coefficient (Wildman–Crippen LogP) is 4.46. The van der Waals surface area contributed by atoms with Crippen LogP contribution in [0.1, 0.15) is 44.9 Å². The SMILES string of the molecule is O=C(Nc1ccc(NC(=O)[C@H]2CC=CC[C@@H]2C(=O)O)cc1Cl)C1CCCCC1. The Morgan fingerprint density at radius 2 is 1.61 bits per heavy atom. The second-order valence-electron chi connectivity index (χ2n) is 7.50. The molecule has 2 aliphatic rings. The number of carboxylic acid groups (broad SMARTS) is 1. The molecule has 2 amide bonds. The number of carbonyl (C=O) groups is 3. The number of rotatable bonds is 5. The third-order valence-corrected chi connectivity index (χ3v) is 5.87. The quantitative estimate of drug-likeness (QED) is 0.631. The zero-order chi connectivity index (χ0) is 20.1. The number of amides is 2. The molecule has 0 saturated heterocycles. The van der Waals surface area contributed by atoms with Crippen LogP contribution in [0.25, 0.3) is 0 Å². The van der Waals surface area contributed by atoms with Gasteiger partial charge >= 0.3 is 5.97 Å². The molecule has 6 nitrogen and oxygen atoms in total. The van der Waals surface area contributed by atoms with Crippen molar-refractivity contribution >= 4 is 40.8 Å². The molecule has 3 N–H and O–H groups in total. The summed E-state index contributed by atoms with van der Waals surface area (Å²) < 4.78 is 0. The van der Waals surface area contributed by atoms with Crippen molar-refractivity contribution in [2.45, 2.75) is 44.9 Å². The Labute approximate surface area is 169 Å². The van der Waals surface area contributed by atoms with E-state index in [2.05, 4.69) is 10.6 Å². The van der Waals surface area contributed by atoms with E-state index in [9.17, 15) is 19.5 Å². The summed E-state index contributed by atoms with van der Waals surface area (Å²) in [6, 6.07) is 4.90. The fourth-order valence-corrected chi connectivity index (χ4v) is 4.13. The van der Waals surface area contributed by atoms with Gasteiger partial charge in [0.05, 0.1) is 22.5 Å². The van der Waals surface area contributed by atoms with E-state index in [1.54, 1.807) is 24.3 Å². The maximum absolute atomic E-state index is 12.5. The molecular formula is C21H25ClN2O4. The minimum atomic E-state index is -0.969. The Hall–Kier alpha value is -2.34. The van der Waals surface area contributed by atoms with E-state index in [1.807, 2.05) is 6.08 Å². The number of carboxylic acids is 1. The van der Waals surface area contributed by atoms with Gasteiger partial charge in [0.15, 0.2) is 0 Å². The third kappa shape index (κ3) is 4.93. The van der Waals surface area contributed by atoms with E-state index in [-0.39, 0.29) is 17.7 Å². The number of benzene rings is 1. The molecule has 0 unspecified atom stereocenters. The molecule has 0 spiro atoms. The monoisotopic (exact) mass is 404 g/mol. The molecule has 3 rings (SSSR count). The van der Waals surface area contributed by atoms with Crippen molar-refractivity contribution in [1.29, 1.82) is 0 Å². The van der Waals surface area contributed by atoms with E-state index in [0.29, 0.717) is 29.2 Å². The molecule has 1 aromatic rings. The van der Waals surface area contributed by atoms with Gasteiger partial charge in [0, 0.05) is 11.6 Å². The lowest BCUT2D eigenvalue weighted by Gasteiger charge is -2.24. The third-order valence-electron chi connectivity index (χ3n) is 5.56. The minimum absolute atomic E-state index is 0.0170. The fourth-order valence-electron chi connectivity index (χ4n) is 3.91. The molecule has 0 aliphatic heterocycles. The summed E-state index contributed by atoms with van der Waals surface area (Å²) in [7, 11) is 0. The maximum Gasteiger partial charge on any atom is 0.307 e. The number of anilines is 2. The number of hydrogen-bond acceptors (Lipinski definition) is 3. The van der Waals surface area contributed by atoms with Crippen molar-refractivity contribution in [3.63, 3.8) is 0 Å². The van der Waals surface area contributed by atoms with E-state index in [4.69, 9.17) is 11.6 Å². The zero-order valence-electron chi connectivity index (χ0n) is 15.6. The van der Waals surface area contributed by atoms with Gasteiger partial charge < -0.3 is 15.7 Å². The van der Waals surface area contributed by atoms with Gasteiger partial charge in [0.1, 0.15) is 0 Å². The average molecular weight is 405 g/mol. The number of nitrogens with one attached hydrogen (secondary N) is 2. The second kappa shape index (κ2) is 9.24. The van der Waals surface area contributed by atoms with E-state index in [0.717, 1.165) is 25.7 Å². The van der Waals surface area contributed by atoms with Crippen LogP contribution >= 0.6 is 11.6 Å². The second-order valence-corrected chi connectivity index (χ2v) is 7.91. The summed E-state index contributed by atoms with van der Waals surface area (Å²) >= 11 is 6.29. The fraction of sp³-hybridized carbons (Fsp3) is 0.476. The Balaban J connectivity index is 1.63. The van der Waals surface area contributed by atoms with Gasteiger partial charge in [-0.25, -0.2) is 0 Å². The predicted molar refractivity (Wildman–Crippen MR) is 108 cm³/mol. The van der Waals surface area contributed by atoms with Crippen LogP contribution in [-0.4, -0.2) is 22.9 Å². The highest BCUT2D eigenvalue weighted by Crippen LogP contribution is 2.31. The first-order chi connectivity index (χ1) is 13.5. The highest BCUT2D eigenvalue weighted by Gasteiger charge is 2.34. The molecule has 150 valence electrons. The molecule has 1 aromatic carbocycles. The van der Waals surface area contributed by atoms with Crippen LogP contribution in [0.5, 0.6) is 0 Å². The Bertz CT molecular complexity index is 787. The summed E-state index contributed by atoms with van der Waals surface area (Å²) in [5.41, 5.74) is 0.989. The molecule has 0 bridgehead atoms. The summed E-state index contributed by atoms with van der Waals surface area (Å²) in [4.78, 5) is 36.3. The summed E-state index contributed by atoms with van der Waals surface area (Å²) in [6.07, 6.45) is 9.50. The van der Waals surface area contributed by atoms with Crippen LogP contribution in [0.3, 0.4) is 0 Å².